The molecule has 0 radical (unpaired) electrons. The van der Waals surface area contributed by atoms with Gasteiger partial charge < -0.3 is 4.57 Å². The number of alkyl halides is 1. The number of hydrogen-bond donors (Lipinski definition) is 0. The van der Waals surface area contributed by atoms with Crippen LogP contribution in [0.4, 0.5) is 4.39 Å². The molecule has 3 unspecified atom stereocenters. The summed E-state index contributed by atoms with van der Waals surface area (Å²) in [4.78, 5) is 4.54. The van der Waals surface area contributed by atoms with Gasteiger partial charge in [-0.05, 0) is 49.7 Å². The van der Waals surface area contributed by atoms with Gasteiger partial charge in [-0.15, -0.1) is 11.6 Å². The molecule has 0 N–H and O–H groups in total. The molecule has 1 heterocycles. The first-order valence-corrected chi connectivity index (χ1v) is 8.27. The maximum atomic E-state index is 13.8. The Morgan fingerprint density at radius 1 is 1.29 bits per heavy atom. The molecule has 2 nitrogen and oxygen atoms in total. The van der Waals surface area contributed by atoms with Gasteiger partial charge in [-0.2, -0.15) is 0 Å². The Morgan fingerprint density at radius 3 is 2.71 bits per heavy atom. The minimum atomic E-state index is -0.195. The van der Waals surface area contributed by atoms with Crippen molar-refractivity contribution in [3.63, 3.8) is 0 Å². The van der Waals surface area contributed by atoms with Crippen LogP contribution >= 0.6 is 11.6 Å². The molecule has 0 bridgehead atoms. The summed E-state index contributed by atoms with van der Waals surface area (Å²) in [7, 11) is 0. The van der Waals surface area contributed by atoms with Crippen molar-refractivity contribution >= 4 is 22.6 Å². The van der Waals surface area contributed by atoms with Crippen LogP contribution in [0.5, 0.6) is 0 Å². The van der Waals surface area contributed by atoms with Crippen LogP contribution in [0.15, 0.2) is 12.1 Å². The lowest BCUT2D eigenvalue weighted by Gasteiger charge is -2.33. The molecule has 1 aliphatic carbocycles. The summed E-state index contributed by atoms with van der Waals surface area (Å²) in [6, 6.07) is 3.88. The van der Waals surface area contributed by atoms with Gasteiger partial charge in [0, 0.05) is 12.1 Å². The predicted octanol–water partition coefficient (Wildman–Crippen LogP) is 5.22. The van der Waals surface area contributed by atoms with Crippen molar-refractivity contribution in [1.82, 2.24) is 9.55 Å². The number of hydrogen-bond acceptors (Lipinski definition) is 1. The zero-order valence-corrected chi connectivity index (χ0v) is 13.6. The molecule has 3 rings (SSSR count). The Morgan fingerprint density at radius 2 is 2.05 bits per heavy atom. The zero-order valence-electron chi connectivity index (χ0n) is 12.9. The third-order valence-corrected chi connectivity index (χ3v) is 5.34. The van der Waals surface area contributed by atoms with Gasteiger partial charge in [0.1, 0.15) is 11.6 Å². The van der Waals surface area contributed by atoms with Crippen molar-refractivity contribution in [3.05, 3.63) is 29.3 Å². The standard InChI is InChI=1S/C17H22ClFN2/c1-10-4-5-13(6-11(10)2)21-16-7-12(3)14(19)8-15(16)20-17(21)9-18/h7-8,10-11,13H,4-6,9H2,1-3H3. The molecule has 1 saturated carbocycles. The van der Waals surface area contributed by atoms with Gasteiger partial charge in [-0.25, -0.2) is 9.37 Å². The summed E-state index contributed by atoms with van der Waals surface area (Å²) in [6.45, 7) is 6.45. The Labute approximate surface area is 130 Å². The zero-order chi connectivity index (χ0) is 15.1. The third-order valence-electron chi connectivity index (χ3n) is 5.10. The van der Waals surface area contributed by atoms with Gasteiger partial charge in [0.2, 0.25) is 0 Å². The first kappa shape index (κ1) is 14.8. The van der Waals surface area contributed by atoms with Crippen molar-refractivity contribution in [1.29, 1.82) is 0 Å². The molecule has 0 amide bonds. The Balaban J connectivity index is 2.10. The SMILES string of the molecule is Cc1cc2c(cc1F)nc(CCl)n2C1CCC(C)C(C)C1. The second-order valence-corrected chi connectivity index (χ2v) is 6.81. The summed E-state index contributed by atoms with van der Waals surface area (Å²) < 4.78 is 16.0. The van der Waals surface area contributed by atoms with Crippen molar-refractivity contribution in [2.45, 2.75) is 52.0 Å². The molecule has 0 aliphatic heterocycles. The molecular formula is C17H22ClFN2. The van der Waals surface area contributed by atoms with E-state index < -0.39 is 0 Å². The molecule has 114 valence electrons. The molecule has 2 aromatic rings. The van der Waals surface area contributed by atoms with E-state index in [-0.39, 0.29) is 5.82 Å². The first-order chi connectivity index (χ1) is 10.0. The molecular weight excluding hydrogens is 287 g/mol. The lowest BCUT2D eigenvalue weighted by atomic mass is 9.79. The number of imidazole rings is 1. The average molecular weight is 309 g/mol. The number of benzene rings is 1. The van der Waals surface area contributed by atoms with Crippen LogP contribution in [-0.2, 0) is 5.88 Å². The highest BCUT2D eigenvalue weighted by molar-refractivity contribution is 6.16. The van der Waals surface area contributed by atoms with Gasteiger partial charge in [0.05, 0.1) is 16.9 Å². The second kappa shape index (κ2) is 5.60. The van der Waals surface area contributed by atoms with E-state index >= 15 is 0 Å². The van der Waals surface area contributed by atoms with E-state index in [0.29, 0.717) is 23.4 Å². The maximum Gasteiger partial charge on any atom is 0.128 e. The smallest absolute Gasteiger partial charge is 0.128 e. The highest BCUT2D eigenvalue weighted by atomic mass is 35.5. The van der Waals surface area contributed by atoms with Crippen LogP contribution in [0.2, 0.25) is 0 Å². The quantitative estimate of drug-likeness (QED) is 0.695. The van der Waals surface area contributed by atoms with Crippen LogP contribution in [0, 0.1) is 24.6 Å². The molecule has 1 aromatic heterocycles. The second-order valence-electron chi connectivity index (χ2n) is 6.54. The lowest BCUT2D eigenvalue weighted by molar-refractivity contribution is 0.211. The number of aromatic nitrogens is 2. The van der Waals surface area contributed by atoms with Gasteiger partial charge in [-0.3, -0.25) is 0 Å². The molecule has 0 saturated heterocycles. The van der Waals surface area contributed by atoms with Gasteiger partial charge >= 0.3 is 0 Å². The highest BCUT2D eigenvalue weighted by Gasteiger charge is 2.28. The molecule has 1 aliphatic rings. The fourth-order valence-electron chi connectivity index (χ4n) is 3.53. The van der Waals surface area contributed by atoms with E-state index in [2.05, 4.69) is 23.4 Å². The van der Waals surface area contributed by atoms with Crippen LogP contribution in [0.1, 0.15) is 50.5 Å². The summed E-state index contributed by atoms with van der Waals surface area (Å²) in [5, 5.41) is 0. The summed E-state index contributed by atoms with van der Waals surface area (Å²) in [6.07, 6.45) is 3.53. The Bertz CT molecular complexity index is 664. The van der Waals surface area contributed by atoms with Gasteiger partial charge in [-0.1, -0.05) is 13.8 Å². The van der Waals surface area contributed by atoms with Crippen molar-refractivity contribution in [2.75, 3.05) is 0 Å². The van der Waals surface area contributed by atoms with Crippen molar-refractivity contribution < 1.29 is 4.39 Å². The minimum Gasteiger partial charge on any atom is -0.324 e. The van der Waals surface area contributed by atoms with E-state index in [9.17, 15) is 4.39 Å². The molecule has 0 spiro atoms. The summed E-state index contributed by atoms with van der Waals surface area (Å²) in [5.41, 5.74) is 2.42. The molecule has 4 heteroatoms. The molecule has 1 fully saturated rings. The lowest BCUT2D eigenvalue weighted by Crippen LogP contribution is -2.24. The first-order valence-electron chi connectivity index (χ1n) is 7.74. The largest absolute Gasteiger partial charge is 0.324 e. The highest BCUT2D eigenvalue weighted by Crippen LogP contribution is 2.39. The van der Waals surface area contributed by atoms with Crippen LogP contribution in [-0.4, -0.2) is 9.55 Å². The third kappa shape index (κ3) is 2.57. The number of nitrogens with zero attached hydrogens (tertiary/aromatic N) is 2. The number of aryl methyl sites for hydroxylation is 1. The topological polar surface area (TPSA) is 17.8 Å². The van der Waals surface area contributed by atoms with Crippen molar-refractivity contribution in [3.8, 4) is 0 Å². The fourth-order valence-corrected chi connectivity index (χ4v) is 3.71. The van der Waals surface area contributed by atoms with Gasteiger partial charge in [0.15, 0.2) is 0 Å². The normalized spacial score (nSPS) is 26.4. The van der Waals surface area contributed by atoms with Crippen molar-refractivity contribution in [2.24, 2.45) is 11.8 Å². The molecule has 3 atom stereocenters. The Kier molecular flexibility index (Phi) is 3.96. The maximum absolute atomic E-state index is 13.8. The van der Waals surface area contributed by atoms with Crippen LogP contribution < -0.4 is 0 Å². The van der Waals surface area contributed by atoms with E-state index in [1.807, 2.05) is 6.07 Å². The summed E-state index contributed by atoms with van der Waals surface area (Å²) in [5.74, 6) is 2.51. The van der Waals surface area contributed by atoms with Gasteiger partial charge in [0.25, 0.3) is 0 Å². The fraction of sp³-hybridized carbons (Fsp3) is 0.588. The summed E-state index contributed by atoms with van der Waals surface area (Å²) >= 11 is 6.09. The van der Waals surface area contributed by atoms with Crippen LogP contribution in [0.3, 0.4) is 0 Å². The van der Waals surface area contributed by atoms with E-state index in [4.69, 9.17) is 11.6 Å². The van der Waals surface area contributed by atoms with E-state index in [0.717, 1.165) is 35.6 Å². The average Bonchev–Trinajstić information content (AvgIpc) is 2.80. The predicted molar refractivity (Wildman–Crippen MR) is 85.2 cm³/mol. The van der Waals surface area contributed by atoms with E-state index in [1.165, 1.54) is 12.5 Å². The molecule has 21 heavy (non-hydrogen) atoms. The number of rotatable bonds is 2. The monoisotopic (exact) mass is 308 g/mol. The van der Waals surface area contributed by atoms with E-state index in [1.54, 1.807) is 6.92 Å². The Hall–Kier alpha value is -1.09. The minimum absolute atomic E-state index is 0.195. The number of fused-ring (bicyclic) bond motifs is 1. The molecule has 1 aromatic carbocycles. The van der Waals surface area contributed by atoms with Crippen LogP contribution in [0.25, 0.3) is 11.0 Å². The number of halogens is 2.